The third-order valence-electron chi connectivity index (χ3n) is 1.88. The van der Waals surface area contributed by atoms with Gasteiger partial charge in [-0.3, -0.25) is 0 Å². The monoisotopic (exact) mass is 172 g/mol. The summed E-state index contributed by atoms with van der Waals surface area (Å²) in [7, 11) is 0. The first-order valence-electron chi connectivity index (χ1n) is 3.62. The van der Waals surface area contributed by atoms with Crippen LogP contribution in [0.2, 0.25) is 0 Å². The largest absolute Gasteiger partial charge is 0.447 e. The van der Waals surface area contributed by atoms with E-state index in [1.807, 2.05) is 0 Å². The molecule has 2 fully saturated rings. The van der Waals surface area contributed by atoms with Crippen molar-refractivity contribution in [3.63, 3.8) is 0 Å². The van der Waals surface area contributed by atoms with Crippen molar-refractivity contribution in [3.8, 4) is 0 Å². The van der Waals surface area contributed by atoms with Crippen LogP contribution in [0.4, 0.5) is 9.59 Å². The smallest absolute Gasteiger partial charge is 0.407 e. The number of carbonyl (C=O) groups is 2. The number of amides is 2. The number of hydrogen-bond acceptors (Lipinski definition) is 4. The molecule has 2 heterocycles. The van der Waals surface area contributed by atoms with Gasteiger partial charge in [0.2, 0.25) is 0 Å². The van der Waals surface area contributed by atoms with Gasteiger partial charge in [-0.25, -0.2) is 9.59 Å². The second-order valence-corrected chi connectivity index (χ2v) is 2.70. The average Bonchev–Trinajstić information content (AvgIpc) is 2.58. The maximum Gasteiger partial charge on any atom is 0.407 e. The number of nitrogens with one attached hydrogen (secondary N) is 2. The molecule has 0 spiro atoms. The fraction of sp³-hybridized carbons (Fsp3) is 0.667. The van der Waals surface area contributed by atoms with Gasteiger partial charge in [-0.2, -0.15) is 0 Å². The standard InChI is InChI=1S/C6H8N2O4/c9-5-7-3(1-11-5)4-2-12-6(10)8-4/h3-4H,1-2H2,(H,7,9)(H,8,10)/t3-,4-/m1/s1. The lowest BCUT2D eigenvalue weighted by Crippen LogP contribution is -2.45. The molecule has 0 bridgehead atoms. The Morgan fingerprint density at radius 2 is 1.42 bits per heavy atom. The highest BCUT2D eigenvalue weighted by molar-refractivity contribution is 5.72. The van der Waals surface area contributed by atoms with Crippen LogP contribution in [-0.4, -0.2) is 37.5 Å². The summed E-state index contributed by atoms with van der Waals surface area (Å²) in [4.78, 5) is 21.2. The second-order valence-electron chi connectivity index (χ2n) is 2.70. The summed E-state index contributed by atoms with van der Waals surface area (Å²) in [6.07, 6.45) is -0.887. The van der Waals surface area contributed by atoms with Crippen molar-refractivity contribution in [2.24, 2.45) is 0 Å². The Kier molecular flexibility index (Phi) is 1.53. The van der Waals surface area contributed by atoms with Crippen LogP contribution in [0.1, 0.15) is 0 Å². The normalized spacial score (nSPS) is 33.7. The Bertz CT molecular complexity index is 206. The van der Waals surface area contributed by atoms with Gasteiger partial charge in [0.1, 0.15) is 13.2 Å². The zero-order chi connectivity index (χ0) is 8.55. The van der Waals surface area contributed by atoms with Crippen molar-refractivity contribution in [3.05, 3.63) is 0 Å². The predicted molar refractivity (Wildman–Crippen MR) is 36.5 cm³/mol. The van der Waals surface area contributed by atoms with Crippen molar-refractivity contribution < 1.29 is 19.1 Å². The molecular weight excluding hydrogens is 164 g/mol. The number of hydrogen-bond donors (Lipinski definition) is 2. The zero-order valence-electron chi connectivity index (χ0n) is 6.20. The van der Waals surface area contributed by atoms with Crippen molar-refractivity contribution >= 4 is 12.2 Å². The van der Waals surface area contributed by atoms with E-state index in [9.17, 15) is 9.59 Å². The Labute approximate surface area is 68.2 Å². The molecule has 12 heavy (non-hydrogen) atoms. The molecule has 0 radical (unpaired) electrons. The summed E-state index contributed by atoms with van der Waals surface area (Å²) in [5.74, 6) is 0. The summed E-state index contributed by atoms with van der Waals surface area (Å²) >= 11 is 0. The molecule has 0 aliphatic carbocycles. The van der Waals surface area contributed by atoms with Crippen LogP contribution in [0.3, 0.4) is 0 Å². The fourth-order valence-corrected chi connectivity index (χ4v) is 1.23. The van der Waals surface area contributed by atoms with E-state index in [0.717, 1.165) is 0 Å². The molecule has 0 aromatic heterocycles. The highest BCUT2D eigenvalue weighted by Crippen LogP contribution is 2.07. The molecule has 0 unspecified atom stereocenters. The van der Waals surface area contributed by atoms with Gasteiger partial charge in [-0.05, 0) is 0 Å². The van der Waals surface area contributed by atoms with Crippen LogP contribution < -0.4 is 10.6 Å². The molecule has 2 saturated heterocycles. The number of carbonyl (C=O) groups excluding carboxylic acids is 2. The summed E-state index contributed by atoms with van der Waals surface area (Å²) in [6, 6.07) is -0.326. The third-order valence-corrected chi connectivity index (χ3v) is 1.88. The van der Waals surface area contributed by atoms with E-state index in [0.29, 0.717) is 0 Å². The van der Waals surface area contributed by atoms with Crippen LogP contribution >= 0.6 is 0 Å². The SMILES string of the molecule is O=C1N[C@@H]([C@H]2COC(=O)N2)CO1. The van der Waals surface area contributed by atoms with Crippen LogP contribution in [0.5, 0.6) is 0 Å². The summed E-state index contributed by atoms with van der Waals surface area (Å²) < 4.78 is 9.31. The third kappa shape index (κ3) is 1.15. The summed E-state index contributed by atoms with van der Waals surface area (Å²) in [6.45, 7) is 0.570. The van der Waals surface area contributed by atoms with Gasteiger partial charge in [0.25, 0.3) is 0 Å². The lowest BCUT2D eigenvalue weighted by molar-refractivity contribution is 0.171. The van der Waals surface area contributed by atoms with Gasteiger partial charge in [-0.15, -0.1) is 0 Å². The Balaban J connectivity index is 1.93. The molecule has 66 valence electrons. The van der Waals surface area contributed by atoms with Crippen molar-refractivity contribution in [1.82, 2.24) is 10.6 Å². The predicted octanol–water partition coefficient (Wildman–Crippen LogP) is -0.797. The van der Waals surface area contributed by atoms with Gasteiger partial charge >= 0.3 is 12.2 Å². The van der Waals surface area contributed by atoms with Crippen LogP contribution in [0.25, 0.3) is 0 Å². The minimum Gasteiger partial charge on any atom is -0.447 e. The average molecular weight is 172 g/mol. The Morgan fingerprint density at radius 3 is 1.67 bits per heavy atom. The lowest BCUT2D eigenvalue weighted by atomic mass is 10.1. The number of cyclic esters (lactones) is 2. The van der Waals surface area contributed by atoms with E-state index < -0.39 is 12.2 Å². The molecule has 2 aliphatic heterocycles. The highest BCUT2D eigenvalue weighted by atomic mass is 16.6. The van der Waals surface area contributed by atoms with Gasteiger partial charge in [-0.1, -0.05) is 0 Å². The van der Waals surface area contributed by atoms with E-state index in [1.165, 1.54) is 0 Å². The van der Waals surface area contributed by atoms with E-state index in [2.05, 4.69) is 20.1 Å². The first kappa shape index (κ1) is 7.20. The lowest BCUT2D eigenvalue weighted by Gasteiger charge is -2.12. The Hall–Kier alpha value is -1.46. The van der Waals surface area contributed by atoms with E-state index in [1.54, 1.807) is 0 Å². The zero-order valence-corrected chi connectivity index (χ0v) is 6.20. The number of ether oxygens (including phenoxy) is 2. The number of alkyl carbamates (subject to hydrolysis) is 2. The van der Waals surface area contributed by atoms with E-state index in [-0.39, 0.29) is 25.3 Å². The molecule has 6 heteroatoms. The van der Waals surface area contributed by atoms with Gasteiger partial charge in [0.05, 0.1) is 12.1 Å². The van der Waals surface area contributed by atoms with Gasteiger partial charge < -0.3 is 20.1 Å². The maximum atomic E-state index is 10.6. The first-order valence-corrected chi connectivity index (χ1v) is 3.62. The van der Waals surface area contributed by atoms with E-state index >= 15 is 0 Å². The first-order chi connectivity index (χ1) is 5.75. The molecule has 2 aliphatic rings. The number of rotatable bonds is 1. The molecule has 0 aromatic carbocycles. The van der Waals surface area contributed by atoms with Crippen LogP contribution in [0, 0.1) is 0 Å². The molecule has 2 atom stereocenters. The van der Waals surface area contributed by atoms with E-state index in [4.69, 9.17) is 0 Å². The van der Waals surface area contributed by atoms with Gasteiger partial charge in [0, 0.05) is 0 Å². The maximum absolute atomic E-state index is 10.6. The second kappa shape index (κ2) is 2.54. The summed E-state index contributed by atoms with van der Waals surface area (Å²) in [5, 5.41) is 5.12. The van der Waals surface area contributed by atoms with Gasteiger partial charge in [0.15, 0.2) is 0 Å². The van der Waals surface area contributed by atoms with Crippen molar-refractivity contribution in [2.45, 2.75) is 12.1 Å². The fourth-order valence-electron chi connectivity index (χ4n) is 1.23. The quantitative estimate of drug-likeness (QED) is 0.543. The van der Waals surface area contributed by atoms with Crippen molar-refractivity contribution in [1.29, 1.82) is 0 Å². The molecule has 0 aromatic rings. The van der Waals surface area contributed by atoms with Crippen LogP contribution in [-0.2, 0) is 9.47 Å². The van der Waals surface area contributed by atoms with Crippen LogP contribution in [0.15, 0.2) is 0 Å². The minimum atomic E-state index is -0.443. The Morgan fingerprint density at radius 1 is 1.00 bits per heavy atom. The highest BCUT2D eigenvalue weighted by Gasteiger charge is 2.35. The van der Waals surface area contributed by atoms with Crippen molar-refractivity contribution in [2.75, 3.05) is 13.2 Å². The molecular formula is C6H8N2O4. The molecule has 0 saturated carbocycles. The minimum absolute atomic E-state index is 0.163. The molecule has 2 rings (SSSR count). The summed E-state index contributed by atoms with van der Waals surface area (Å²) in [5.41, 5.74) is 0. The molecule has 2 amide bonds. The molecule has 6 nitrogen and oxygen atoms in total. The topological polar surface area (TPSA) is 76.7 Å². The molecule has 2 N–H and O–H groups in total.